The molecule has 126 valence electrons. The van der Waals surface area contributed by atoms with Gasteiger partial charge in [-0.15, -0.1) is 0 Å². The number of carbonyl (C=O) groups is 1. The largest absolute Gasteiger partial charge is 0.444 e. The van der Waals surface area contributed by atoms with Crippen molar-refractivity contribution in [1.29, 1.82) is 0 Å². The van der Waals surface area contributed by atoms with Crippen molar-refractivity contribution in [2.45, 2.75) is 27.3 Å². The minimum Gasteiger partial charge on any atom is -0.444 e. The quantitative estimate of drug-likeness (QED) is 0.653. The molecule has 0 spiro atoms. The highest BCUT2D eigenvalue weighted by atomic mass is 16.6. The predicted octanol–water partition coefficient (Wildman–Crippen LogP) is 2.35. The maximum Gasteiger partial charge on any atom is 0.279 e. The molecule has 2 aromatic rings. The first-order valence-electron chi connectivity index (χ1n) is 6.85. The van der Waals surface area contributed by atoms with Gasteiger partial charge in [0.25, 0.3) is 17.3 Å². The Morgan fingerprint density at radius 2 is 1.88 bits per heavy atom. The average molecular weight is 334 g/mol. The standard InChI is InChI=1S/C14H14N4O6/c1-7-11(4-10(17(20)21)5-12(7)18(22)23)14(19)15-6-13-16-8(2)9(3)24-13/h4-5H,6H2,1-3H3,(H,15,19). The van der Waals surface area contributed by atoms with E-state index < -0.39 is 27.1 Å². The zero-order chi connectivity index (χ0) is 18.0. The van der Waals surface area contributed by atoms with E-state index in [0.29, 0.717) is 11.5 Å². The first kappa shape index (κ1) is 17.1. The van der Waals surface area contributed by atoms with Gasteiger partial charge in [-0.05, 0) is 20.8 Å². The van der Waals surface area contributed by atoms with Gasteiger partial charge in [0.05, 0.1) is 33.7 Å². The number of aromatic nitrogens is 1. The Hall–Kier alpha value is -3.30. The van der Waals surface area contributed by atoms with Crippen LogP contribution in [0.4, 0.5) is 11.4 Å². The minimum absolute atomic E-state index is 0.0383. The number of benzene rings is 1. The Bertz CT molecular complexity index is 823. The van der Waals surface area contributed by atoms with Gasteiger partial charge in [0.1, 0.15) is 5.76 Å². The van der Waals surface area contributed by atoms with Crippen molar-refractivity contribution in [1.82, 2.24) is 10.3 Å². The molecule has 0 saturated carbocycles. The van der Waals surface area contributed by atoms with Crippen LogP contribution in [0.5, 0.6) is 0 Å². The van der Waals surface area contributed by atoms with Crippen LogP contribution in [0.25, 0.3) is 0 Å². The van der Waals surface area contributed by atoms with Gasteiger partial charge in [0.15, 0.2) is 0 Å². The summed E-state index contributed by atoms with van der Waals surface area (Å²) in [6, 6.07) is 1.83. The van der Waals surface area contributed by atoms with Gasteiger partial charge < -0.3 is 9.73 Å². The van der Waals surface area contributed by atoms with Crippen LogP contribution >= 0.6 is 0 Å². The highest BCUT2D eigenvalue weighted by Crippen LogP contribution is 2.28. The summed E-state index contributed by atoms with van der Waals surface area (Å²) in [7, 11) is 0. The molecule has 1 aromatic heterocycles. The van der Waals surface area contributed by atoms with Gasteiger partial charge >= 0.3 is 0 Å². The topological polar surface area (TPSA) is 141 Å². The van der Waals surface area contributed by atoms with Gasteiger partial charge in [0.2, 0.25) is 5.89 Å². The summed E-state index contributed by atoms with van der Waals surface area (Å²) in [4.78, 5) is 36.7. The third-order valence-corrected chi connectivity index (χ3v) is 3.49. The minimum atomic E-state index is -0.788. The number of nitrogens with zero attached hydrogens (tertiary/aromatic N) is 3. The molecule has 0 atom stereocenters. The summed E-state index contributed by atoms with van der Waals surface area (Å²) < 4.78 is 5.31. The molecule has 24 heavy (non-hydrogen) atoms. The van der Waals surface area contributed by atoms with Crippen LogP contribution in [-0.4, -0.2) is 20.7 Å². The van der Waals surface area contributed by atoms with Gasteiger partial charge in [-0.25, -0.2) is 4.98 Å². The highest BCUT2D eigenvalue weighted by Gasteiger charge is 2.24. The zero-order valence-electron chi connectivity index (χ0n) is 13.2. The maximum absolute atomic E-state index is 12.3. The summed E-state index contributed by atoms with van der Waals surface area (Å²) >= 11 is 0. The van der Waals surface area contributed by atoms with E-state index in [1.807, 2.05) is 0 Å². The molecule has 1 aromatic carbocycles. The van der Waals surface area contributed by atoms with Crippen LogP contribution in [0.15, 0.2) is 16.5 Å². The average Bonchev–Trinajstić information content (AvgIpc) is 2.83. The SMILES string of the molecule is Cc1nc(CNC(=O)c2cc([N+](=O)[O-])cc([N+](=O)[O-])c2C)oc1C. The van der Waals surface area contributed by atoms with Crippen LogP contribution in [0.2, 0.25) is 0 Å². The van der Waals surface area contributed by atoms with Crippen LogP contribution < -0.4 is 5.32 Å². The molecule has 1 amide bonds. The molecule has 0 unspecified atom stereocenters. The van der Waals surface area contributed by atoms with E-state index in [9.17, 15) is 25.0 Å². The van der Waals surface area contributed by atoms with E-state index in [2.05, 4.69) is 10.3 Å². The molecule has 0 aliphatic heterocycles. The van der Waals surface area contributed by atoms with Crippen LogP contribution in [0.3, 0.4) is 0 Å². The maximum atomic E-state index is 12.3. The second kappa shape index (κ2) is 6.44. The molecule has 0 aliphatic carbocycles. The van der Waals surface area contributed by atoms with Gasteiger partial charge in [-0.1, -0.05) is 0 Å². The third-order valence-electron chi connectivity index (χ3n) is 3.49. The molecule has 0 aliphatic rings. The van der Waals surface area contributed by atoms with Gasteiger partial charge in [-0.2, -0.15) is 0 Å². The van der Waals surface area contributed by atoms with E-state index in [-0.39, 0.29) is 23.6 Å². The van der Waals surface area contributed by atoms with Crippen LogP contribution in [-0.2, 0) is 6.54 Å². The number of nitro groups is 2. The Morgan fingerprint density at radius 3 is 2.38 bits per heavy atom. The van der Waals surface area contributed by atoms with Crippen molar-refractivity contribution in [2.75, 3.05) is 0 Å². The number of hydrogen-bond acceptors (Lipinski definition) is 7. The lowest BCUT2D eigenvalue weighted by atomic mass is 10.0. The molecule has 1 N–H and O–H groups in total. The number of non-ortho nitro benzene ring substituents is 1. The molecular weight excluding hydrogens is 320 g/mol. The summed E-state index contributed by atoms with van der Waals surface area (Å²) in [5.41, 5.74) is -0.433. The molecule has 2 rings (SSSR count). The van der Waals surface area contributed by atoms with Crippen molar-refractivity contribution < 1.29 is 19.1 Å². The summed E-state index contributed by atoms with van der Waals surface area (Å²) in [6.07, 6.45) is 0. The Labute approximate surface area is 135 Å². The fraction of sp³-hybridized carbons (Fsp3) is 0.286. The number of nitro benzene ring substituents is 2. The second-order valence-corrected chi connectivity index (χ2v) is 5.08. The van der Waals surface area contributed by atoms with E-state index in [1.165, 1.54) is 6.92 Å². The predicted molar refractivity (Wildman–Crippen MR) is 81.6 cm³/mol. The fourth-order valence-corrected chi connectivity index (χ4v) is 2.08. The lowest BCUT2D eigenvalue weighted by molar-refractivity contribution is -0.394. The van der Waals surface area contributed by atoms with E-state index in [1.54, 1.807) is 13.8 Å². The number of nitrogens with one attached hydrogen (secondary N) is 1. The Kier molecular flexibility index (Phi) is 4.58. The number of aryl methyl sites for hydroxylation is 2. The van der Waals surface area contributed by atoms with E-state index in [4.69, 9.17) is 4.42 Å². The van der Waals surface area contributed by atoms with Gasteiger partial charge in [0, 0.05) is 11.6 Å². The first-order valence-corrected chi connectivity index (χ1v) is 6.85. The number of amides is 1. The lowest BCUT2D eigenvalue weighted by Crippen LogP contribution is -2.24. The highest BCUT2D eigenvalue weighted by molar-refractivity contribution is 5.97. The Balaban J connectivity index is 2.30. The molecule has 0 saturated heterocycles. The molecule has 0 radical (unpaired) electrons. The van der Waals surface area contributed by atoms with E-state index >= 15 is 0 Å². The molecule has 10 heteroatoms. The van der Waals surface area contributed by atoms with E-state index in [0.717, 1.165) is 12.1 Å². The van der Waals surface area contributed by atoms with Crippen LogP contribution in [0.1, 0.15) is 33.3 Å². The molecule has 0 fully saturated rings. The number of hydrogen-bond donors (Lipinski definition) is 1. The van der Waals surface area contributed by atoms with Gasteiger partial charge in [-0.3, -0.25) is 25.0 Å². The molecule has 10 nitrogen and oxygen atoms in total. The summed E-state index contributed by atoms with van der Waals surface area (Å²) in [5, 5.41) is 24.4. The van der Waals surface area contributed by atoms with Crippen molar-refractivity contribution in [3.8, 4) is 0 Å². The summed E-state index contributed by atoms with van der Waals surface area (Å²) in [5.74, 6) is 0.199. The molecular formula is C14H14N4O6. The smallest absolute Gasteiger partial charge is 0.279 e. The zero-order valence-corrected chi connectivity index (χ0v) is 13.2. The number of carbonyl (C=O) groups excluding carboxylic acids is 1. The normalized spacial score (nSPS) is 10.5. The number of rotatable bonds is 5. The number of oxazole rings is 1. The lowest BCUT2D eigenvalue weighted by Gasteiger charge is -2.07. The van der Waals surface area contributed by atoms with Crippen LogP contribution in [0, 0.1) is 41.0 Å². The second-order valence-electron chi connectivity index (χ2n) is 5.08. The van der Waals surface area contributed by atoms with Crippen molar-refractivity contribution in [3.05, 3.63) is 60.8 Å². The molecule has 0 bridgehead atoms. The monoisotopic (exact) mass is 334 g/mol. The van der Waals surface area contributed by atoms with Crippen molar-refractivity contribution in [3.63, 3.8) is 0 Å². The fourth-order valence-electron chi connectivity index (χ4n) is 2.08. The Morgan fingerprint density at radius 1 is 1.21 bits per heavy atom. The first-order chi connectivity index (χ1) is 11.2. The molecule has 1 heterocycles. The summed E-state index contributed by atoms with van der Waals surface area (Å²) in [6.45, 7) is 4.79. The third kappa shape index (κ3) is 3.37. The van der Waals surface area contributed by atoms with Crippen molar-refractivity contribution >= 4 is 17.3 Å². The van der Waals surface area contributed by atoms with Crippen molar-refractivity contribution in [2.24, 2.45) is 0 Å².